The maximum absolute atomic E-state index is 4.63. The minimum absolute atomic E-state index is 0.617. The molecule has 0 spiro atoms. The molecule has 1 heterocycles. The number of nitrogens with zero attached hydrogens (tertiary/aromatic N) is 1. The molecule has 2 aromatic rings. The summed E-state index contributed by atoms with van der Waals surface area (Å²) in [6, 6.07) is 9.28. The molecule has 0 unspecified atom stereocenters. The summed E-state index contributed by atoms with van der Waals surface area (Å²) < 4.78 is 0. The third-order valence-corrected chi connectivity index (χ3v) is 3.71. The van der Waals surface area contributed by atoms with E-state index in [2.05, 4.69) is 53.7 Å². The number of hydrogen-bond acceptors (Lipinski definition) is 3. The highest BCUT2D eigenvalue weighted by atomic mass is 15.0. The van der Waals surface area contributed by atoms with E-state index in [1.807, 2.05) is 6.20 Å². The summed E-state index contributed by atoms with van der Waals surface area (Å²) in [7, 11) is 0. The van der Waals surface area contributed by atoms with Gasteiger partial charge in [0.05, 0.1) is 0 Å². The van der Waals surface area contributed by atoms with E-state index in [0.29, 0.717) is 5.92 Å². The van der Waals surface area contributed by atoms with Crippen molar-refractivity contribution < 1.29 is 0 Å². The molecule has 1 aromatic heterocycles. The standard InChI is InChI=1S/C17H23N3/c1-12(2)9-19-17-16-6-4-3-5-15(16)13(11-20-17)10-18-14-7-8-14/h3-6,11-12,14,18H,7-10H2,1-2H3,(H,19,20). The van der Waals surface area contributed by atoms with Gasteiger partial charge in [-0.05, 0) is 29.7 Å². The van der Waals surface area contributed by atoms with Crippen LogP contribution in [0.5, 0.6) is 0 Å². The molecular formula is C17H23N3. The molecule has 0 saturated heterocycles. The van der Waals surface area contributed by atoms with Gasteiger partial charge in [0.15, 0.2) is 0 Å². The SMILES string of the molecule is CC(C)CNc1ncc(CNC2CC2)c2ccccc12. The van der Waals surface area contributed by atoms with Crippen LogP contribution in [0.25, 0.3) is 10.8 Å². The van der Waals surface area contributed by atoms with Crippen molar-refractivity contribution in [1.82, 2.24) is 10.3 Å². The third kappa shape index (κ3) is 3.10. The molecule has 3 rings (SSSR count). The van der Waals surface area contributed by atoms with Gasteiger partial charge in [-0.25, -0.2) is 4.98 Å². The van der Waals surface area contributed by atoms with E-state index in [1.54, 1.807) is 0 Å². The predicted molar refractivity (Wildman–Crippen MR) is 84.9 cm³/mol. The van der Waals surface area contributed by atoms with Crippen molar-refractivity contribution in [2.75, 3.05) is 11.9 Å². The molecule has 1 aliphatic rings. The largest absolute Gasteiger partial charge is 0.369 e. The maximum atomic E-state index is 4.63. The van der Waals surface area contributed by atoms with Gasteiger partial charge in [0.25, 0.3) is 0 Å². The number of pyridine rings is 1. The monoisotopic (exact) mass is 269 g/mol. The summed E-state index contributed by atoms with van der Waals surface area (Å²) >= 11 is 0. The summed E-state index contributed by atoms with van der Waals surface area (Å²) in [4.78, 5) is 4.63. The van der Waals surface area contributed by atoms with Gasteiger partial charge < -0.3 is 10.6 Å². The van der Waals surface area contributed by atoms with E-state index < -0.39 is 0 Å². The van der Waals surface area contributed by atoms with Gasteiger partial charge in [0.2, 0.25) is 0 Å². The summed E-state index contributed by atoms with van der Waals surface area (Å²) in [6.45, 7) is 6.30. The zero-order valence-corrected chi connectivity index (χ0v) is 12.3. The number of anilines is 1. The van der Waals surface area contributed by atoms with Crippen molar-refractivity contribution >= 4 is 16.6 Å². The minimum atomic E-state index is 0.617. The number of benzene rings is 1. The van der Waals surface area contributed by atoms with E-state index in [-0.39, 0.29) is 0 Å². The molecule has 1 aliphatic carbocycles. The maximum Gasteiger partial charge on any atom is 0.133 e. The molecule has 0 aliphatic heterocycles. The molecule has 0 bridgehead atoms. The highest BCUT2D eigenvalue weighted by Crippen LogP contribution is 2.26. The van der Waals surface area contributed by atoms with Gasteiger partial charge in [-0.15, -0.1) is 0 Å². The molecule has 0 amide bonds. The number of rotatable bonds is 6. The molecule has 1 fully saturated rings. The van der Waals surface area contributed by atoms with Crippen LogP contribution >= 0.6 is 0 Å². The average Bonchev–Trinajstić information content (AvgIpc) is 3.27. The number of aromatic nitrogens is 1. The van der Waals surface area contributed by atoms with Crippen LogP contribution in [0.2, 0.25) is 0 Å². The van der Waals surface area contributed by atoms with Crippen LogP contribution in [0.1, 0.15) is 32.3 Å². The molecule has 106 valence electrons. The van der Waals surface area contributed by atoms with Crippen LogP contribution in [-0.2, 0) is 6.54 Å². The quantitative estimate of drug-likeness (QED) is 0.842. The van der Waals surface area contributed by atoms with E-state index in [9.17, 15) is 0 Å². The van der Waals surface area contributed by atoms with Crippen molar-refractivity contribution in [1.29, 1.82) is 0 Å². The topological polar surface area (TPSA) is 37.0 Å². The van der Waals surface area contributed by atoms with E-state index >= 15 is 0 Å². The lowest BCUT2D eigenvalue weighted by atomic mass is 10.1. The van der Waals surface area contributed by atoms with E-state index in [1.165, 1.54) is 29.2 Å². The van der Waals surface area contributed by atoms with E-state index in [4.69, 9.17) is 0 Å². The number of fused-ring (bicyclic) bond motifs is 1. The second-order valence-electron chi connectivity index (χ2n) is 6.11. The first kappa shape index (κ1) is 13.4. The zero-order valence-electron chi connectivity index (χ0n) is 12.3. The second kappa shape index (κ2) is 5.80. The van der Waals surface area contributed by atoms with Crippen LogP contribution < -0.4 is 10.6 Å². The predicted octanol–water partition coefficient (Wildman–Crippen LogP) is 3.55. The Morgan fingerprint density at radius 2 is 1.95 bits per heavy atom. The normalized spacial score (nSPS) is 14.9. The van der Waals surface area contributed by atoms with Crippen LogP contribution in [0, 0.1) is 5.92 Å². The first-order chi connectivity index (χ1) is 9.74. The Bertz CT molecular complexity index is 543. The first-order valence-electron chi connectivity index (χ1n) is 7.58. The Morgan fingerprint density at radius 3 is 2.65 bits per heavy atom. The van der Waals surface area contributed by atoms with Crippen LogP contribution in [0.15, 0.2) is 30.5 Å². The Morgan fingerprint density at radius 1 is 1.20 bits per heavy atom. The molecule has 0 atom stereocenters. The van der Waals surface area contributed by atoms with Crippen molar-refractivity contribution in [3.05, 3.63) is 36.0 Å². The van der Waals surface area contributed by atoms with Crippen molar-refractivity contribution in [3.8, 4) is 0 Å². The Balaban J connectivity index is 1.87. The molecule has 3 heteroatoms. The molecule has 2 N–H and O–H groups in total. The summed E-state index contributed by atoms with van der Waals surface area (Å²) in [6.07, 6.45) is 4.65. The lowest BCUT2D eigenvalue weighted by Crippen LogP contribution is -2.16. The Hall–Kier alpha value is -1.61. The summed E-state index contributed by atoms with van der Waals surface area (Å²) in [5, 5.41) is 9.57. The van der Waals surface area contributed by atoms with Crippen molar-refractivity contribution in [2.24, 2.45) is 5.92 Å². The zero-order chi connectivity index (χ0) is 13.9. The highest BCUT2D eigenvalue weighted by Gasteiger charge is 2.20. The van der Waals surface area contributed by atoms with Gasteiger partial charge >= 0.3 is 0 Å². The van der Waals surface area contributed by atoms with Crippen LogP contribution in [-0.4, -0.2) is 17.6 Å². The summed E-state index contributed by atoms with van der Waals surface area (Å²) in [5.41, 5.74) is 1.29. The molecular weight excluding hydrogens is 246 g/mol. The van der Waals surface area contributed by atoms with Gasteiger partial charge in [-0.1, -0.05) is 38.1 Å². The van der Waals surface area contributed by atoms with Gasteiger partial charge in [0.1, 0.15) is 5.82 Å². The van der Waals surface area contributed by atoms with Crippen LogP contribution in [0.4, 0.5) is 5.82 Å². The van der Waals surface area contributed by atoms with Gasteiger partial charge in [0, 0.05) is 30.7 Å². The average molecular weight is 269 g/mol. The Kier molecular flexibility index (Phi) is 3.88. The summed E-state index contributed by atoms with van der Waals surface area (Å²) in [5.74, 6) is 1.62. The first-order valence-corrected chi connectivity index (χ1v) is 7.58. The highest BCUT2D eigenvalue weighted by molar-refractivity contribution is 5.94. The van der Waals surface area contributed by atoms with Gasteiger partial charge in [-0.2, -0.15) is 0 Å². The lowest BCUT2D eigenvalue weighted by Gasteiger charge is -2.13. The minimum Gasteiger partial charge on any atom is -0.369 e. The third-order valence-electron chi connectivity index (χ3n) is 3.71. The van der Waals surface area contributed by atoms with E-state index in [0.717, 1.165) is 24.9 Å². The fourth-order valence-electron chi connectivity index (χ4n) is 2.38. The smallest absolute Gasteiger partial charge is 0.133 e. The fraction of sp³-hybridized carbons (Fsp3) is 0.471. The van der Waals surface area contributed by atoms with Gasteiger partial charge in [-0.3, -0.25) is 0 Å². The number of nitrogens with one attached hydrogen (secondary N) is 2. The van der Waals surface area contributed by atoms with Crippen molar-refractivity contribution in [2.45, 2.75) is 39.3 Å². The Labute approximate surface area is 120 Å². The molecule has 1 saturated carbocycles. The molecule has 1 aromatic carbocycles. The fourth-order valence-corrected chi connectivity index (χ4v) is 2.38. The second-order valence-corrected chi connectivity index (χ2v) is 6.11. The molecule has 0 radical (unpaired) electrons. The van der Waals surface area contributed by atoms with Crippen LogP contribution in [0.3, 0.4) is 0 Å². The molecule has 3 nitrogen and oxygen atoms in total. The lowest BCUT2D eigenvalue weighted by molar-refractivity contribution is 0.684. The molecule has 20 heavy (non-hydrogen) atoms. The number of hydrogen-bond donors (Lipinski definition) is 2. The van der Waals surface area contributed by atoms with Crippen molar-refractivity contribution in [3.63, 3.8) is 0 Å².